The molecule has 0 aliphatic rings. The Morgan fingerprint density at radius 2 is 2.11 bits per heavy atom. The molecule has 1 aromatic carbocycles. The van der Waals surface area contributed by atoms with Crippen LogP contribution in [0.15, 0.2) is 12.1 Å². The van der Waals surface area contributed by atoms with E-state index in [2.05, 4.69) is 4.74 Å². The standard InChI is InChI=1S/C11H12FNO5/c1-6-4-10(18-7(2)11(14)17-3)8(12)5-9(6)13(15)16/h4-5,7H,1-3H3/t7-/m0/s1. The van der Waals surface area contributed by atoms with Gasteiger partial charge in [-0.3, -0.25) is 10.1 Å². The Morgan fingerprint density at radius 1 is 1.50 bits per heavy atom. The van der Waals surface area contributed by atoms with Gasteiger partial charge >= 0.3 is 5.97 Å². The van der Waals surface area contributed by atoms with Crippen molar-refractivity contribution in [1.82, 2.24) is 0 Å². The number of aryl methyl sites for hydroxylation is 1. The first-order valence-electron chi connectivity index (χ1n) is 5.05. The highest BCUT2D eigenvalue weighted by Crippen LogP contribution is 2.27. The molecule has 0 unspecified atom stereocenters. The second kappa shape index (κ2) is 5.44. The number of methoxy groups -OCH3 is 1. The number of nitro benzene ring substituents is 1. The predicted molar refractivity (Wildman–Crippen MR) is 59.9 cm³/mol. The number of benzene rings is 1. The Hall–Kier alpha value is -2.18. The summed E-state index contributed by atoms with van der Waals surface area (Å²) in [4.78, 5) is 21.0. The van der Waals surface area contributed by atoms with Crippen LogP contribution >= 0.6 is 0 Å². The van der Waals surface area contributed by atoms with E-state index in [1.807, 2.05) is 0 Å². The summed E-state index contributed by atoms with van der Waals surface area (Å²) in [5.74, 6) is -1.79. The van der Waals surface area contributed by atoms with Crippen LogP contribution in [-0.4, -0.2) is 24.1 Å². The van der Waals surface area contributed by atoms with Crippen LogP contribution in [0.25, 0.3) is 0 Å². The Balaban J connectivity index is 3.02. The van der Waals surface area contributed by atoms with Gasteiger partial charge in [0.05, 0.1) is 18.1 Å². The van der Waals surface area contributed by atoms with Crippen molar-refractivity contribution in [3.05, 3.63) is 33.6 Å². The number of nitro groups is 1. The van der Waals surface area contributed by atoms with Gasteiger partial charge in [-0.25, -0.2) is 9.18 Å². The first-order valence-corrected chi connectivity index (χ1v) is 5.05. The number of halogens is 1. The zero-order valence-corrected chi connectivity index (χ0v) is 10.1. The van der Waals surface area contributed by atoms with E-state index in [0.29, 0.717) is 0 Å². The molecule has 0 aliphatic carbocycles. The van der Waals surface area contributed by atoms with E-state index in [1.165, 1.54) is 27.0 Å². The van der Waals surface area contributed by atoms with E-state index in [1.54, 1.807) is 0 Å². The van der Waals surface area contributed by atoms with Crippen LogP contribution in [0.4, 0.5) is 10.1 Å². The highest BCUT2D eigenvalue weighted by molar-refractivity contribution is 5.74. The molecule has 0 heterocycles. The largest absolute Gasteiger partial charge is 0.476 e. The Kier molecular flexibility index (Phi) is 4.19. The second-order valence-corrected chi connectivity index (χ2v) is 3.61. The number of hydrogen-bond donors (Lipinski definition) is 0. The van der Waals surface area contributed by atoms with Gasteiger partial charge in [-0.15, -0.1) is 0 Å². The fourth-order valence-corrected chi connectivity index (χ4v) is 1.34. The summed E-state index contributed by atoms with van der Waals surface area (Å²) < 4.78 is 23.0. The summed E-state index contributed by atoms with van der Waals surface area (Å²) in [6.45, 7) is 2.84. The van der Waals surface area contributed by atoms with Gasteiger partial charge < -0.3 is 9.47 Å². The zero-order chi connectivity index (χ0) is 13.9. The lowest BCUT2D eigenvalue weighted by molar-refractivity contribution is -0.385. The molecule has 1 atom stereocenters. The minimum atomic E-state index is -0.995. The number of hydrogen-bond acceptors (Lipinski definition) is 5. The molecule has 0 aromatic heterocycles. The zero-order valence-electron chi connectivity index (χ0n) is 10.1. The molecule has 1 aromatic rings. The summed E-state index contributed by atoms with van der Waals surface area (Å²) in [6, 6.07) is 1.93. The summed E-state index contributed by atoms with van der Waals surface area (Å²) in [5, 5.41) is 10.6. The van der Waals surface area contributed by atoms with E-state index in [-0.39, 0.29) is 17.0 Å². The smallest absolute Gasteiger partial charge is 0.346 e. The van der Waals surface area contributed by atoms with Crippen LogP contribution in [-0.2, 0) is 9.53 Å². The Bertz CT molecular complexity index is 489. The van der Waals surface area contributed by atoms with Gasteiger partial charge in [0.25, 0.3) is 5.69 Å². The molecule has 98 valence electrons. The third kappa shape index (κ3) is 2.93. The fraction of sp³-hybridized carbons (Fsp3) is 0.364. The average molecular weight is 257 g/mol. The number of carbonyl (C=O) groups excluding carboxylic acids is 1. The van der Waals surface area contributed by atoms with Crippen molar-refractivity contribution >= 4 is 11.7 Å². The molecule has 7 heteroatoms. The van der Waals surface area contributed by atoms with Gasteiger partial charge in [0.2, 0.25) is 0 Å². The van der Waals surface area contributed by atoms with Gasteiger partial charge in [0, 0.05) is 5.56 Å². The van der Waals surface area contributed by atoms with Crippen LogP contribution in [0.1, 0.15) is 12.5 Å². The quantitative estimate of drug-likeness (QED) is 0.468. The number of ether oxygens (including phenoxy) is 2. The average Bonchev–Trinajstić information content (AvgIpc) is 2.31. The molecule has 6 nitrogen and oxygen atoms in total. The number of carbonyl (C=O) groups is 1. The molecule has 0 fully saturated rings. The maximum absolute atomic E-state index is 13.5. The summed E-state index contributed by atoms with van der Waals surface area (Å²) in [6.07, 6.45) is -0.995. The third-order valence-corrected chi connectivity index (χ3v) is 2.28. The van der Waals surface area contributed by atoms with Crippen LogP contribution in [0.5, 0.6) is 5.75 Å². The molecule has 0 amide bonds. The molecule has 0 spiro atoms. The van der Waals surface area contributed by atoms with E-state index in [9.17, 15) is 19.3 Å². The van der Waals surface area contributed by atoms with Crippen LogP contribution in [0.2, 0.25) is 0 Å². The monoisotopic (exact) mass is 257 g/mol. The van der Waals surface area contributed by atoms with Crippen molar-refractivity contribution in [2.45, 2.75) is 20.0 Å². The van der Waals surface area contributed by atoms with Gasteiger partial charge in [0.1, 0.15) is 0 Å². The highest BCUT2D eigenvalue weighted by Gasteiger charge is 2.20. The van der Waals surface area contributed by atoms with Gasteiger partial charge in [-0.1, -0.05) is 0 Å². The van der Waals surface area contributed by atoms with Crippen molar-refractivity contribution in [2.24, 2.45) is 0 Å². The number of nitrogens with zero attached hydrogens (tertiary/aromatic N) is 1. The van der Waals surface area contributed by atoms with Gasteiger partial charge in [0.15, 0.2) is 17.7 Å². The maximum Gasteiger partial charge on any atom is 0.346 e. The second-order valence-electron chi connectivity index (χ2n) is 3.61. The molecule has 18 heavy (non-hydrogen) atoms. The Labute approximate surface area is 102 Å². The minimum Gasteiger partial charge on any atom is -0.476 e. The van der Waals surface area contributed by atoms with Crippen LogP contribution in [0.3, 0.4) is 0 Å². The predicted octanol–water partition coefficient (Wildman–Crippen LogP) is 1.98. The van der Waals surface area contributed by atoms with Crippen molar-refractivity contribution in [2.75, 3.05) is 7.11 Å². The summed E-state index contributed by atoms with van der Waals surface area (Å²) in [7, 11) is 1.18. The summed E-state index contributed by atoms with van der Waals surface area (Å²) in [5.41, 5.74) is -0.0981. The molecule has 0 saturated heterocycles. The number of rotatable bonds is 4. The van der Waals surface area contributed by atoms with Crippen LogP contribution in [0, 0.1) is 22.9 Å². The van der Waals surface area contributed by atoms with Crippen molar-refractivity contribution in [3.63, 3.8) is 0 Å². The van der Waals surface area contributed by atoms with Crippen molar-refractivity contribution < 1.29 is 23.6 Å². The molecule has 0 bridgehead atoms. The van der Waals surface area contributed by atoms with E-state index in [4.69, 9.17) is 4.74 Å². The molecule has 0 aliphatic heterocycles. The highest BCUT2D eigenvalue weighted by atomic mass is 19.1. The molecule has 0 radical (unpaired) electrons. The third-order valence-electron chi connectivity index (χ3n) is 2.28. The van der Waals surface area contributed by atoms with Gasteiger partial charge in [-0.2, -0.15) is 0 Å². The van der Waals surface area contributed by atoms with Crippen molar-refractivity contribution in [3.8, 4) is 5.75 Å². The number of esters is 1. The van der Waals surface area contributed by atoms with E-state index >= 15 is 0 Å². The first-order chi connectivity index (χ1) is 8.36. The fourth-order valence-electron chi connectivity index (χ4n) is 1.34. The Morgan fingerprint density at radius 3 is 2.61 bits per heavy atom. The lowest BCUT2D eigenvalue weighted by Gasteiger charge is -2.13. The summed E-state index contributed by atoms with van der Waals surface area (Å²) >= 11 is 0. The SMILES string of the molecule is COC(=O)[C@H](C)Oc1cc(C)c([N+](=O)[O-])cc1F. The lowest BCUT2D eigenvalue weighted by atomic mass is 10.2. The lowest BCUT2D eigenvalue weighted by Crippen LogP contribution is -2.25. The molecular formula is C11H12FNO5. The minimum absolute atomic E-state index is 0.226. The van der Waals surface area contributed by atoms with E-state index in [0.717, 1.165) is 6.07 Å². The van der Waals surface area contributed by atoms with Crippen molar-refractivity contribution in [1.29, 1.82) is 0 Å². The normalized spacial score (nSPS) is 11.8. The molecule has 0 saturated carbocycles. The molecular weight excluding hydrogens is 245 g/mol. The van der Waals surface area contributed by atoms with Gasteiger partial charge in [-0.05, 0) is 19.9 Å². The molecule has 0 N–H and O–H groups in total. The van der Waals surface area contributed by atoms with E-state index < -0.39 is 22.8 Å². The first kappa shape index (κ1) is 13.9. The van der Waals surface area contributed by atoms with Crippen LogP contribution < -0.4 is 4.74 Å². The molecule has 1 rings (SSSR count). The topological polar surface area (TPSA) is 78.7 Å². The maximum atomic E-state index is 13.5.